The average Bonchev–Trinajstić information content (AvgIpc) is 2.36. The molecule has 0 N–H and O–H groups in total. The van der Waals surface area contributed by atoms with Crippen molar-refractivity contribution in [2.24, 2.45) is 5.92 Å². The lowest BCUT2D eigenvalue weighted by Crippen LogP contribution is -2.15. The van der Waals surface area contributed by atoms with Crippen LogP contribution in [0.1, 0.15) is 38.2 Å². The Labute approximate surface area is 107 Å². The Balaban J connectivity index is 1.97. The fraction of sp³-hybridized carbons (Fsp3) is 0.533. The molecule has 1 aromatic carbocycles. The first kappa shape index (κ1) is 13.1. The summed E-state index contributed by atoms with van der Waals surface area (Å²) in [6.07, 6.45) is 4.10. The number of Topliss-reactive ketones (excluding diaryl/α,β-unsaturated/α-hetero) is 1. The highest BCUT2D eigenvalue weighted by molar-refractivity contribution is 5.79. The van der Waals surface area contributed by atoms with E-state index in [9.17, 15) is 9.18 Å². The van der Waals surface area contributed by atoms with Crippen LogP contribution in [0.5, 0.6) is 5.75 Å². The zero-order valence-electron chi connectivity index (χ0n) is 10.7. The Morgan fingerprint density at radius 1 is 1.33 bits per heavy atom. The molecule has 1 aromatic rings. The fourth-order valence-corrected chi connectivity index (χ4v) is 2.48. The van der Waals surface area contributed by atoms with E-state index in [4.69, 9.17) is 4.74 Å². The minimum absolute atomic E-state index is 0.291. The maximum atomic E-state index is 13.7. The van der Waals surface area contributed by atoms with Gasteiger partial charge in [0.05, 0.1) is 6.61 Å². The van der Waals surface area contributed by atoms with E-state index in [1.807, 2.05) is 13.0 Å². The van der Waals surface area contributed by atoms with Gasteiger partial charge < -0.3 is 4.74 Å². The van der Waals surface area contributed by atoms with Gasteiger partial charge in [-0.25, -0.2) is 4.39 Å². The van der Waals surface area contributed by atoms with Crippen molar-refractivity contribution in [2.45, 2.75) is 39.0 Å². The normalized spacial score (nSPS) is 16.9. The SMILES string of the molecule is CCOc1ccc(CC2CCC(=O)CC2)cc1F. The predicted molar refractivity (Wildman–Crippen MR) is 68.2 cm³/mol. The molecular formula is C15H19FO2. The quantitative estimate of drug-likeness (QED) is 0.817. The predicted octanol–water partition coefficient (Wildman–Crippen LogP) is 3.53. The molecule has 0 spiro atoms. The van der Waals surface area contributed by atoms with Crippen molar-refractivity contribution >= 4 is 5.78 Å². The number of ketones is 1. The lowest BCUT2D eigenvalue weighted by molar-refractivity contribution is -0.121. The van der Waals surface area contributed by atoms with Gasteiger partial charge in [-0.3, -0.25) is 4.79 Å². The Bertz CT molecular complexity index is 419. The first-order valence-electron chi connectivity index (χ1n) is 6.62. The first-order valence-corrected chi connectivity index (χ1v) is 6.62. The van der Waals surface area contributed by atoms with E-state index in [1.54, 1.807) is 12.1 Å². The van der Waals surface area contributed by atoms with E-state index in [-0.39, 0.29) is 5.82 Å². The lowest BCUT2D eigenvalue weighted by Gasteiger charge is -2.21. The Hall–Kier alpha value is -1.38. The molecule has 0 bridgehead atoms. The topological polar surface area (TPSA) is 26.3 Å². The third-order valence-corrected chi connectivity index (χ3v) is 3.48. The van der Waals surface area contributed by atoms with E-state index in [2.05, 4.69) is 0 Å². The highest BCUT2D eigenvalue weighted by Gasteiger charge is 2.19. The van der Waals surface area contributed by atoms with Gasteiger partial charge in [0.25, 0.3) is 0 Å². The zero-order valence-corrected chi connectivity index (χ0v) is 10.7. The van der Waals surface area contributed by atoms with E-state index in [0.29, 0.717) is 36.9 Å². The highest BCUT2D eigenvalue weighted by atomic mass is 19.1. The van der Waals surface area contributed by atoms with Crippen LogP contribution in [0.2, 0.25) is 0 Å². The van der Waals surface area contributed by atoms with Gasteiger partial charge in [-0.2, -0.15) is 0 Å². The molecule has 0 radical (unpaired) electrons. The standard InChI is InChI=1S/C15H19FO2/c1-2-18-15-8-5-12(10-14(15)16)9-11-3-6-13(17)7-4-11/h5,8,10-11H,2-4,6-7,9H2,1H3. The number of hydrogen-bond donors (Lipinski definition) is 0. The van der Waals surface area contributed by atoms with Crippen LogP contribution in [0.3, 0.4) is 0 Å². The summed E-state index contributed by atoms with van der Waals surface area (Å²) in [4.78, 5) is 11.2. The minimum atomic E-state index is -0.291. The largest absolute Gasteiger partial charge is 0.491 e. The third-order valence-electron chi connectivity index (χ3n) is 3.48. The maximum absolute atomic E-state index is 13.7. The third kappa shape index (κ3) is 3.31. The van der Waals surface area contributed by atoms with Crippen LogP contribution in [-0.4, -0.2) is 12.4 Å². The second-order valence-electron chi connectivity index (χ2n) is 4.88. The van der Waals surface area contributed by atoms with Gasteiger partial charge in [-0.15, -0.1) is 0 Å². The number of ether oxygens (including phenoxy) is 1. The summed E-state index contributed by atoms with van der Waals surface area (Å²) in [7, 11) is 0. The summed E-state index contributed by atoms with van der Waals surface area (Å²) in [5.41, 5.74) is 0.996. The van der Waals surface area contributed by atoms with Crippen LogP contribution in [0.15, 0.2) is 18.2 Å². The molecule has 1 saturated carbocycles. The van der Waals surface area contributed by atoms with Crippen LogP contribution in [0, 0.1) is 11.7 Å². The molecule has 3 heteroatoms. The Morgan fingerprint density at radius 3 is 2.67 bits per heavy atom. The smallest absolute Gasteiger partial charge is 0.165 e. The summed E-state index contributed by atoms with van der Waals surface area (Å²) in [5, 5.41) is 0. The van der Waals surface area contributed by atoms with Crippen LogP contribution in [0.4, 0.5) is 4.39 Å². The van der Waals surface area contributed by atoms with Gasteiger partial charge in [0, 0.05) is 12.8 Å². The van der Waals surface area contributed by atoms with Gasteiger partial charge in [-0.05, 0) is 49.8 Å². The fourth-order valence-electron chi connectivity index (χ4n) is 2.48. The molecular weight excluding hydrogens is 231 g/mol. The molecule has 0 atom stereocenters. The van der Waals surface area contributed by atoms with E-state index < -0.39 is 0 Å². The van der Waals surface area contributed by atoms with Crippen molar-refractivity contribution in [1.29, 1.82) is 0 Å². The Morgan fingerprint density at radius 2 is 2.06 bits per heavy atom. The monoisotopic (exact) mass is 250 g/mol. The molecule has 2 nitrogen and oxygen atoms in total. The van der Waals surface area contributed by atoms with Crippen LogP contribution < -0.4 is 4.74 Å². The lowest BCUT2D eigenvalue weighted by atomic mass is 9.84. The number of rotatable bonds is 4. The number of halogens is 1. The number of benzene rings is 1. The molecule has 0 unspecified atom stereocenters. The highest BCUT2D eigenvalue weighted by Crippen LogP contribution is 2.27. The number of carbonyl (C=O) groups is 1. The van der Waals surface area contributed by atoms with Gasteiger partial charge in [0.2, 0.25) is 0 Å². The molecule has 1 aliphatic rings. The molecule has 0 aromatic heterocycles. The minimum Gasteiger partial charge on any atom is -0.491 e. The van der Waals surface area contributed by atoms with Crippen molar-refractivity contribution in [2.75, 3.05) is 6.61 Å². The van der Waals surface area contributed by atoms with Crippen molar-refractivity contribution in [1.82, 2.24) is 0 Å². The second-order valence-corrected chi connectivity index (χ2v) is 4.88. The molecule has 0 aliphatic heterocycles. The average molecular weight is 250 g/mol. The molecule has 2 rings (SSSR count). The van der Waals surface area contributed by atoms with Crippen LogP contribution >= 0.6 is 0 Å². The summed E-state index contributed by atoms with van der Waals surface area (Å²) in [6.45, 7) is 2.31. The maximum Gasteiger partial charge on any atom is 0.165 e. The van der Waals surface area contributed by atoms with Gasteiger partial charge >= 0.3 is 0 Å². The van der Waals surface area contributed by atoms with E-state index in [0.717, 1.165) is 24.8 Å². The number of carbonyl (C=O) groups excluding carboxylic acids is 1. The summed E-state index contributed by atoms with van der Waals surface area (Å²) in [5.74, 6) is 0.908. The number of hydrogen-bond acceptors (Lipinski definition) is 2. The van der Waals surface area contributed by atoms with Gasteiger partial charge in [-0.1, -0.05) is 6.07 Å². The summed E-state index contributed by atoms with van der Waals surface area (Å²) < 4.78 is 18.9. The molecule has 0 amide bonds. The molecule has 0 heterocycles. The molecule has 1 aliphatic carbocycles. The Kier molecular flexibility index (Phi) is 4.34. The second kappa shape index (κ2) is 5.98. The molecule has 0 saturated heterocycles. The van der Waals surface area contributed by atoms with Gasteiger partial charge in [0.1, 0.15) is 5.78 Å². The molecule has 1 fully saturated rings. The van der Waals surface area contributed by atoms with E-state index >= 15 is 0 Å². The summed E-state index contributed by atoms with van der Waals surface area (Å²) in [6, 6.07) is 5.17. The van der Waals surface area contributed by atoms with Crippen molar-refractivity contribution in [3.05, 3.63) is 29.6 Å². The van der Waals surface area contributed by atoms with Crippen molar-refractivity contribution in [3.8, 4) is 5.75 Å². The van der Waals surface area contributed by atoms with Crippen LogP contribution in [0.25, 0.3) is 0 Å². The molecule has 18 heavy (non-hydrogen) atoms. The summed E-state index contributed by atoms with van der Waals surface area (Å²) >= 11 is 0. The zero-order chi connectivity index (χ0) is 13.0. The molecule has 98 valence electrons. The first-order chi connectivity index (χ1) is 8.69. The van der Waals surface area contributed by atoms with Crippen LogP contribution in [-0.2, 0) is 11.2 Å². The van der Waals surface area contributed by atoms with Crippen molar-refractivity contribution < 1.29 is 13.9 Å². The van der Waals surface area contributed by atoms with E-state index in [1.165, 1.54) is 0 Å². The van der Waals surface area contributed by atoms with Gasteiger partial charge in [0.15, 0.2) is 11.6 Å². The van der Waals surface area contributed by atoms with Crippen molar-refractivity contribution in [3.63, 3.8) is 0 Å².